The van der Waals surface area contributed by atoms with Crippen LogP contribution in [0.15, 0.2) is 29.2 Å². The summed E-state index contributed by atoms with van der Waals surface area (Å²) in [5, 5.41) is 8.73. The van der Waals surface area contributed by atoms with E-state index in [9.17, 15) is 13.2 Å². The molecule has 0 heterocycles. The lowest BCUT2D eigenvalue weighted by Gasteiger charge is -2.25. The smallest absolute Gasteiger partial charge is 0.303 e. The molecule has 1 aromatic carbocycles. The predicted octanol–water partition coefficient (Wildman–Crippen LogP) is 2.02. The van der Waals surface area contributed by atoms with Crippen molar-refractivity contribution in [2.75, 3.05) is 19.8 Å². The lowest BCUT2D eigenvalue weighted by Crippen LogP contribution is -2.43. The lowest BCUT2D eigenvalue weighted by atomic mass is 10.0. The van der Waals surface area contributed by atoms with Gasteiger partial charge in [-0.05, 0) is 51.5 Å². The number of sulfonamides is 1. The highest BCUT2D eigenvalue weighted by molar-refractivity contribution is 7.89. The van der Waals surface area contributed by atoms with Crippen LogP contribution in [0.1, 0.15) is 33.6 Å². The van der Waals surface area contributed by atoms with Crippen LogP contribution in [0.25, 0.3) is 0 Å². The first-order valence-electron chi connectivity index (χ1n) is 7.73. The molecular formula is C16H25NO6S. The highest BCUT2D eigenvalue weighted by Gasteiger charge is 2.26. The van der Waals surface area contributed by atoms with E-state index in [1.807, 2.05) is 6.92 Å². The van der Waals surface area contributed by atoms with Crippen molar-refractivity contribution in [3.63, 3.8) is 0 Å². The third-order valence-corrected chi connectivity index (χ3v) is 4.92. The Balaban J connectivity index is 2.68. The summed E-state index contributed by atoms with van der Waals surface area (Å²) in [5.41, 5.74) is -0.857. The summed E-state index contributed by atoms with van der Waals surface area (Å²) in [4.78, 5) is 10.7. The van der Waals surface area contributed by atoms with Gasteiger partial charge in [-0.25, -0.2) is 13.1 Å². The van der Waals surface area contributed by atoms with Crippen molar-refractivity contribution in [3.8, 4) is 5.75 Å². The zero-order valence-electron chi connectivity index (χ0n) is 14.2. The summed E-state index contributed by atoms with van der Waals surface area (Å²) < 4.78 is 37.9. The molecule has 7 nitrogen and oxygen atoms in total. The number of rotatable bonds is 11. The van der Waals surface area contributed by atoms with Crippen LogP contribution in [0, 0.1) is 0 Å². The van der Waals surface area contributed by atoms with E-state index in [0.29, 0.717) is 25.6 Å². The minimum absolute atomic E-state index is 0.100. The Morgan fingerprint density at radius 3 is 2.38 bits per heavy atom. The van der Waals surface area contributed by atoms with Crippen molar-refractivity contribution < 1.29 is 27.8 Å². The van der Waals surface area contributed by atoms with Gasteiger partial charge in [-0.2, -0.15) is 0 Å². The van der Waals surface area contributed by atoms with Gasteiger partial charge in [0.1, 0.15) is 12.4 Å². The Kier molecular flexibility index (Phi) is 7.65. The van der Waals surface area contributed by atoms with Crippen molar-refractivity contribution in [1.29, 1.82) is 0 Å². The molecule has 0 atom stereocenters. The van der Waals surface area contributed by atoms with Gasteiger partial charge < -0.3 is 14.6 Å². The molecule has 0 amide bonds. The first kappa shape index (κ1) is 20.4. The Bertz CT molecular complexity index is 624. The van der Waals surface area contributed by atoms with Crippen LogP contribution in [-0.4, -0.2) is 44.9 Å². The lowest BCUT2D eigenvalue weighted by molar-refractivity contribution is -0.137. The van der Waals surface area contributed by atoms with Gasteiger partial charge >= 0.3 is 5.97 Å². The molecule has 0 aliphatic rings. The first-order chi connectivity index (χ1) is 11.2. The van der Waals surface area contributed by atoms with Crippen LogP contribution < -0.4 is 9.46 Å². The van der Waals surface area contributed by atoms with Crippen LogP contribution in [0.5, 0.6) is 5.75 Å². The van der Waals surface area contributed by atoms with E-state index >= 15 is 0 Å². The SMILES string of the molecule is CCOCCOc1ccc(S(=O)(=O)NC(C)(C)CCC(=O)O)cc1. The highest BCUT2D eigenvalue weighted by Crippen LogP contribution is 2.20. The summed E-state index contributed by atoms with van der Waals surface area (Å²) >= 11 is 0. The molecule has 1 aromatic rings. The van der Waals surface area contributed by atoms with Crippen LogP contribution in [0.4, 0.5) is 0 Å². The summed E-state index contributed by atoms with van der Waals surface area (Å²) in [5.74, 6) is -0.408. The van der Waals surface area contributed by atoms with Gasteiger partial charge in [0.05, 0.1) is 11.5 Å². The maximum absolute atomic E-state index is 12.4. The third kappa shape index (κ3) is 7.29. The minimum Gasteiger partial charge on any atom is -0.491 e. The number of aliphatic carboxylic acids is 1. The molecule has 0 aliphatic heterocycles. The van der Waals surface area contributed by atoms with Gasteiger partial charge in [0, 0.05) is 18.6 Å². The van der Waals surface area contributed by atoms with Crippen molar-refractivity contribution in [2.24, 2.45) is 0 Å². The molecule has 0 aromatic heterocycles. The number of hydrogen-bond acceptors (Lipinski definition) is 5. The average molecular weight is 359 g/mol. The second-order valence-corrected chi connectivity index (χ2v) is 7.58. The molecule has 0 spiro atoms. The van der Waals surface area contributed by atoms with Gasteiger partial charge in [-0.1, -0.05) is 0 Å². The fourth-order valence-electron chi connectivity index (χ4n) is 1.97. The molecular weight excluding hydrogens is 334 g/mol. The zero-order chi connectivity index (χ0) is 18.2. The Morgan fingerprint density at radius 1 is 1.21 bits per heavy atom. The molecule has 0 radical (unpaired) electrons. The number of ether oxygens (including phenoxy) is 2. The molecule has 8 heteroatoms. The Hall–Kier alpha value is -1.64. The van der Waals surface area contributed by atoms with Crippen LogP contribution in [0.2, 0.25) is 0 Å². The maximum Gasteiger partial charge on any atom is 0.303 e. The second-order valence-electron chi connectivity index (χ2n) is 5.90. The topological polar surface area (TPSA) is 102 Å². The fourth-order valence-corrected chi connectivity index (χ4v) is 3.41. The maximum atomic E-state index is 12.4. The summed E-state index contributed by atoms with van der Waals surface area (Å²) in [6.07, 6.45) is 0.0856. The van der Waals surface area contributed by atoms with E-state index in [1.54, 1.807) is 26.0 Å². The number of carboxylic acid groups (broad SMARTS) is 1. The second kappa shape index (κ2) is 9.00. The molecule has 2 N–H and O–H groups in total. The number of hydrogen-bond donors (Lipinski definition) is 2. The van der Waals surface area contributed by atoms with E-state index in [2.05, 4.69) is 4.72 Å². The minimum atomic E-state index is -3.73. The van der Waals surface area contributed by atoms with E-state index in [-0.39, 0.29) is 17.7 Å². The van der Waals surface area contributed by atoms with E-state index in [4.69, 9.17) is 14.6 Å². The zero-order valence-corrected chi connectivity index (χ0v) is 15.1. The number of benzene rings is 1. The monoisotopic (exact) mass is 359 g/mol. The van der Waals surface area contributed by atoms with Crippen molar-refractivity contribution in [2.45, 2.75) is 44.0 Å². The molecule has 0 unspecified atom stereocenters. The Morgan fingerprint density at radius 2 is 1.83 bits per heavy atom. The van der Waals surface area contributed by atoms with Crippen LogP contribution in [-0.2, 0) is 19.6 Å². The Labute approximate surface area is 143 Å². The number of nitrogens with one attached hydrogen (secondary N) is 1. The van der Waals surface area contributed by atoms with Gasteiger partial charge in [0.15, 0.2) is 0 Å². The molecule has 136 valence electrons. The first-order valence-corrected chi connectivity index (χ1v) is 9.21. The molecule has 24 heavy (non-hydrogen) atoms. The largest absolute Gasteiger partial charge is 0.491 e. The average Bonchev–Trinajstić information content (AvgIpc) is 2.49. The number of carboxylic acids is 1. The summed E-state index contributed by atoms with van der Waals surface area (Å²) in [6.45, 7) is 6.67. The molecule has 0 saturated carbocycles. The van der Waals surface area contributed by atoms with Crippen molar-refractivity contribution >= 4 is 16.0 Å². The van der Waals surface area contributed by atoms with E-state index < -0.39 is 21.5 Å². The summed E-state index contributed by atoms with van der Waals surface area (Å²) in [6, 6.07) is 6.05. The predicted molar refractivity (Wildman–Crippen MR) is 89.7 cm³/mol. The van der Waals surface area contributed by atoms with Gasteiger partial charge in [0.25, 0.3) is 0 Å². The standard InChI is InChI=1S/C16H25NO6S/c1-4-22-11-12-23-13-5-7-14(8-6-13)24(20,21)17-16(2,3)10-9-15(18)19/h5-8,17H,4,9-12H2,1-3H3,(H,18,19). The van der Waals surface area contributed by atoms with Crippen molar-refractivity contribution in [1.82, 2.24) is 4.72 Å². The third-order valence-electron chi connectivity index (χ3n) is 3.21. The molecule has 0 fully saturated rings. The van der Waals surface area contributed by atoms with E-state index in [1.165, 1.54) is 12.1 Å². The van der Waals surface area contributed by atoms with Gasteiger partial charge in [0.2, 0.25) is 10.0 Å². The van der Waals surface area contributed by atoms with Crippen LogP contribution >= 0.6 is 0 Å². The molecule has 1 rings (SSSR count). The fraction of sp³-hybridized carbons (Fsp3) is 0.562. The summed E-state index contributed by atoms with van der Waals surface area (Å²) in [7, 11) is -3.73. The molecule has 0 saturated heterocycles. The molecule has 0 bridgehead atoms. The van der Waals surface area contributed by atoms with Crippen LogP contribution in [0.3, 0.4) is 0 Å². The quantitative estimate of drug-likeness (QED) is 0.586. The molecule has 0 aliphatic carbocycles. The van der Waals surface area contributed by atoms with Crippen molar-refractivity contribution in [3.05, 3.63) is 24.3 Å². The number of carbonyl (C=O) groups is 1. The normalized spacial score (nSPS) is 12.1. The van der Waals surface area contributed by atoms with Gasteiger partial charge in [-0.15, -0.1) is 0 Å². The van der Waals surface area contributed by atoms with E-state index in [0.717, 1.165) is 0 Å². The van der Waals surface area contributed by atoms with Gasteiger partial charge in [-0.3, -0.25) is 4.79 Å². The highest BCUT2D eigenvalue weighted by atomic mass is 32.2.